The van der Waals surface area contributed by atoms with E-state index in [0.717, 1.165) is 0 Å². The second kappa shape index (κ2) is 6.56. The molecule has 0 aromatic heterocycles. The summed E-state index contributed by atoms with van der Waals surface area (Å²) in [6, 6.07) is 40.8. The predicted octanol–water partition coefficient (Wildman–Crippen LogP) is 8.31. The lowest BCUT2D eigenvalue weighted by Crippen LogP contribution is -2.25. The topological polar surface area (TPSA) is 0 Å². The summed E-state index contributed by atoms with van der Waals surface area (Å²) in [7, 11) is 0. The highest BCUT2D eigenvalue weighted by Crippen LogP contribution is 2.63. The highest BCUT2D eigenvalue weighted by Gasteiger charge is 2.51. The van der Waals surface area contributed by atoms with Crippen molar-refractivity contribution in [1.29, 1.82) is 0 Å². The number of hydrogen-bond acceptors (Lipinski definition) is 0. The van der Waals surface area contributed by atoms with Gasteiger partial charge in [-0.25, -0.2) is 0 Å². The quantitative estimate of drug-likeness (QED) is 0.250. The van der Waals surface area contributed by atoms with Gasteiger partial charge in [0, 0.05) is 0 Å². The molecule has 0 saturated carbocycles. The molecule has 0 saturated heterocycles. The minimum atomic E-state index is -0.256. The summed E-state index contributed by atoms with van der Waals surface area (Å²) in [5.74, 6) is 0. The third-order valence-electron chi connectivity index (χ3n) is 7.70. The highest BCUT2D eigenvalue weighted by atomic mass is 14.5. The molecule has 2 aliphatic carbocycles. The summed E-state index contributed by atoms with van der Waals surface area (Å²) in [5.41, 5.74) is 16.0. The molecule has 5 aromatic carbocycles. The van der Waals surface area contributed by atoms with Crippen molar-refractivity contribution >= 4 is 0 Å². The molecule has 0 nitrogen and oxygen atoms in total. The Labute approximate surface area is 195 Å². The number of aryl methyl sites for hydroxylation is 2. The maximum absolute atomic E-state index is 2.42. The average Bonchev–Trinajstić information content (AvgIpc) is 3.31. The van der Waals surface area contributed by atoms with Crippen molar-refractivity contribution in [2.75, 3.05) is 0 Å². The van der Waals surface area contributed by atoms with Gasteiger partial charge in [-0.05, 0) is 81.1 Å². The Bertz CT molecular complexity index is 1590. The molecule has 33 heavy (non-hydrogen) atoms. The standard InChI is InChI=1S/C33H24/c1-21-15-17-27-25-11-5-7-13-29(25)33(32(27)19-21)30-14-8-6-12-26(30)28-20-23(16-18-31(28)33)24-10-4-3-9-22(24)2/h3-20H,1-2H3. The fraction of sp³-hybridized carbons (Fsp3) is 0.0909. The first-order valence-corrected chi connectivity index (χ1v) is 11.7. The van der Waals surface area contributed by atoms with Crippen molar-refractivity contribution in [3.63, 3.8) is 0 Å². The van der Waals surface area contributed by atoms with E-state index in [1.807, 2.05) is 0 Å². The third-order valence-corrected chi connectivity index (χ3v) is 7.70. The van der Waals surface area contributed by atoms with Gasteiger partial charge in [0.25, 0.3) is 0 Å². The van der Waals surface area contributed by atoms with Gasteiger partial charge in [0.15, 0.2) is 0 Å². The van der Waals surface area contributed by atoms with Crippen molar-refractivity contribution in [2.45, 2.75) is 19.3 Å². The Morgan fingerprint density at radius 3 is 1.73 bits per heavy atom. The van der Waals surface area contributed by atoms with E-state index in [1.54, 1.807) is 0 Å². The SMILES string of the molecule is Cc1ccc2c(c1)C1(c3ccccc3-c3cc(-c4ccccc4C)ccc31)c1ccccc1-2. The Balaban J connectivity index is 1.61. The van der Waals surface area contributed by atoms with Gasteiger partial charge in [0.2, 0.25) is 0 Å². The normalized spacial score (nSPS) is 16.9. The first-order valence-electron chi connectivity index (χ1n) is 11.7. The van der Waals surface area contributed by atoms with E-state index in [4.69, 9.17) is 0 Å². The van der Waals surface area contributed by atoms with Crippen molar-refractivity contribution in [1.82, 2.24) is 0 Å². The predicted molar refractivity (Wildman–Crippen MR) is 138 cm³/mol. The monoisotopic (exact) mass is 420 g/mol. The molecule has 7 rings (SSSR count). The fourth-order valence-electron chi connectivity index (χ4n) is 6.32. The van der Waals surface area contributed by atoms with Gasteiger partial charge >= 0.3 is 0 Å². The van der Waals surface area contributed by atoms with E-state index in [1.165, 1.54) is 66.8 Å². The molecule has 0 fully saturated rings. The highest BCUT2D eigenvalue weighted by molar-refractivity contribution is 5.96. The number of hydrogen-bond donors (Lipinski definition) is 0. The van der Waals surface area contributed by atoms with Crippen LogP contribution in [0.15, 0.2) is 109 Å². The van der Waals surface area contributed by atoms with Crippen molar-refractivity contribution in [2.24, 2.45) is 0 Å². The van der Waals surface area contributed by atoms with Crippen LogP contribution in [0.4, 0.5) is 0 Å². The number of benzene rings is 5. The van der Waals surface area contributed by atoms with Crippen molar-refractivity contribution < 1.29 is 0 Å². The minimum absolute atomic E-state index is 0.256. The zero-order chi connectivity index (χ0) is 22.2. The summed E-state index contributed by atoms with van der Waals surface area (Å²) in [4.78, 5) is 0. The summed E-state index contributed by atoms with van der Waals surface area (Å²) in [6.45, 7) is 4.41. The second-order valence-corrected chi connectivity index (χ2v) is 9.47. The molecular weight excluding hydrogens is 396 g/mol. The maximum atomic E-state index is 2.42. The summed E-state index contributed by atoms with van der Waals surface area (Å²) < 4.78 is 0. The lowest BCUT2D eigenvalue weighted by molar-refractivity contribution is 0.793. The van der Waals surface area contributed by atoms with E-state index in [-0.39, 0.29) is 5.41 Å². The van der Waals surface area contributed by atoms with Gasteiger partial charge < -0.3 is 0 Å². The molecule has 0 heterocycles. The molecule has 0 N–H and O–H groups in total. The molecule has 0 amide bonds. The zero-order valence-corrected chi connectivity index (χ0v) is 18.9. The van der Waals surface area contributed by atoms with Crippen LogP contribution in [0.2, 0.25) is 0 Å². The molecule has 0 radical (unpaired) electrons. The van der Waals surface area contributed by atoms with Crippen LogP contribution in [-0.4, -0.2) is 0 Å². The van der Waals surface area contributed by atoms with Gasteiger partial charge in [-0.3, -0.25) is 0 Å². The minimum Gasteiger partial charge on any atom is -0.0620 e. The van der Waals surface area contributed by atoms with Crippen LogP contribution in [0.25, 0.3) is 33.4 Å². The van der Waals surface area contributed by atoms with Crippen LogP contribution in [0.1, 0.15) is 33.4 Å². The first-order chi connectivity index (χ1) is 16.2. The van der Waals surface area contributed by atoms with E-state index in [2.05, 4.69) is 123 Å². The largest absolute Gasteiger partial charge is 0.0725 e. The Morgan fingerprint density at radius 2 is 1.00 bits per heavy atom. The van der Waals surface area contributed by atoms with Crippen LogP contribution >= 0.6 is 0 Å². The molecule has 5 aromatic rings. The van der Waals surface area contributed by atoms with Gasteiger partial charge in [-0.15, -0.1) is 0 Å². The summed E-state index contributed by atoms with van der Waals surface area (Å²) in [5, 5.41) is 0. The molecule has 0 aliphatic heterocycles. The van der Waals surface area contributed by atoms with Crippen molar-refractivity contribution in [3.05, 3.63) is 143 Å². The van der Waals surface area contributed by atoms with E-state index in [0.29, 0.717) is 0 Å². The van der Waals surface area contributed by atoms with Crippen LogP contribution in [-0.2, 0) is 5.41 Å². The van der Waals surface area contributed by atoms with Gasteiger partial charge in [0.05, 0.1) is 5.41 Å². The summed E-state index contributed by atoms with van der Waals surface area (Å²) in [6.07, 6.45) is 0. The Hall–Kier alpha value is -3.90. The van der Waals surface area contributed by atoms with E-state index >= 15 is 0 Å². The first kappa shape index (κ1) is 18.7. The molecule has 1 unspecified atom stereocenters. The van der Waals surface area contributed by atoms with Gasteiger partial charge in [0.1, 0.15) is 0 Å². The zero-order valence-electron chi connectivity index (χ0n) is 18.9. The molecule has 0 bridgehead atoms. The van der Waals surface area contributed by atoms with Gasteiger partial charge in [-0.1, -0.05) is 109 Å². The third kappa shape index (κ3) is 2.31. The van der Waals surface area contributed by atoms with Crippen LogP contribution in [0.3, 0.4) is 0 Å². The maximum Gasteiger partial charge on any atom is 0.0725 e. The van der Waals surface area contributed by atoms with Crippen LogP contribution in [0.5, 0.6) is 0 Å². The number of rotatable bonds is 1. The molecule has 1 spiro atoms. The van der Waals surface area contributed by atoms with Crippen LogP contribution < -0.4 is 0 Å². The molecule has 2 aliphatic rings. The smallest absolute Gasteiger partial charge is 0.0620 e. The second-order valence-electron chi connectivity index (χ2n) is 9.47. The molecule has 156 valence electrons. The van der Waals surface area contributed by atoms with Crippen LogP contribution in [0, 0.1) is 13.8 Å². The average molecular weight is 421 g/mol. The fourth-order valence-corrected chi connectivity index (χ4v) is 6.32. The van der Waals surface area contributed by atoms with Crippen molar-refractivity contribution in [3.8, 4) is 33.4 Å². The Kier molecular flexibility index (Phi) is 3.71. The van der Waals surface area contributed by atoms with Gasteiger partial charge in [-0.2, -0.15) is 0 Å². The molecular formula is C33H24. The molecule has 0 heteroatoms. The molecule has 1 atom stereocenters. The lowest BCUT2D eigenvalue weighted by Gasteiger charge is -2.30. The lowest BCUT2D eigenvalue weighted by atomic mass is 9.70. The Morgan fingerprint density at radius 1 is 0.424 bits per heavy atom. The summed E-state index contributed by atoms with van der Waals surface area (Å²) >= 11 is 0. The van der Waals surface area contributed by atoms with E-state index in [9.17, 15) is 0 Å². The number of fused-ring (bicyclic) bond motifs is 10. The van der Waals surface area contributed by atoms with E-state index < -0.39 is 0 Å².